The van der Waals surface area contributed by atoms with Crippen LogP contribution in [0.5, 0.6) is 0 Å². The van der Waals surface area contributed by atoms with Crippen molar-refractivity contribution >= 4 is 28.0 Å². The van der Waals surface area contributed by atoms with Gasteiger partial charge in [0.15, 0.2) is 5.13 Å². The second-order valence-corrected chi connectivity index (χ2v) is 5.88. The number of nitrogen functional groups attached to an aromatic ring is 1. The van der Waals surface area contributed by atoms with Crippen LogP contribution in [0.2, 0.25) is 0 Å². The van der Waals surface area contributed by atoms with Crippen LogP contribution >= 0.6 is 11.3 Å². The Morgan fingerprint density at radius 2 is 1.94 bits per heavy atom. The molecule has 2 rings (SSSR count). The summed E-state index contributed by atoms with van der Waals surface area (Å²) in [6.07, 6.45) is 0.863. The molecule has 1 heterocycles. The molecule has 0 amide bonds. The summed E-state index contributed by atoms with van der Waals surface area (Å²) in [5.74, 6) is -0.750. The van der Waals surface area contributed by atoms with Gasteiger partial charge in [-0.1, -0.05) is 13.8 Å². The molecule has 1 aromatic heterocycles. The highest BCUT2D eigenvalue weighted by Gasteiger charge is 2.41. The van der Waals surface area contributed by atoms with Crippen LogP contribution < -0.4 is 5.73 Å². The minimum atomic E-state index is -0.679. The third-order valence-corrected chi connectivity index (χ3v) is 3.48. The number of carbonyl (C=O) groups is 2. The monoisotopic (exact) mass is 238 g/mol. The molecule has 4 nitrogen and oxygen atoms in total. The molecule has 1 aliphatic carbocycles. The van der Waals surface area contributed by atoms with E-state index in [0.29, 0.717) is 23.7 Å². The lowest BCUT2D eigenvalue weighted by Crippen LogP contribution is -2.36. The van der Waals surface area contributed by atoms with Gasteiger partial charge >= 0.3 is 0 Å². The second kappa shape index (κ2) is 3.66. The van der Waals surface area contributed by atoms with Crippen molar-refractivity contribution in [1.29, 1.82) is 0 Å². The summed E-state index contributed by atoms with van der Waals surface area (Å²) in [6, 6.07) is 0. The first-order valence-corrected chi connectivity index (χ1v) is 6.03. The lowest BCUT2D eigenvalue weighted by molar-refractivity contribution is -0.135. The SMILES string of the molecule is CC1(C)CC(=O)C(c2csc(N)n2)C(=O)C1. The van der Waals surface area contributed by atoms with Gasteiger partial charge in [0, 0.05) is 18.2 Å². The first kappa shape index (κ1) is 11.3. The number of ketones is 2. The number of hydrogen-bond donors (Lipinski definition) is 1. The average molecular weight is 238 g/mol. The van der Waals surface area contributed by atoms with Crippen molar-refractivity contribution in [3.05, 3.63) is 11.1 Å². The van der Waals surface area contributed by atoms with Crippen LogP contribution in [-0.2, 0) is 9.59 Å². The van der Waals surface area contributed by atoms with E-state index >= 15 is 0 Å². The highest BCUT2D eigenvalue weighted by atomic mass is 32.1. The molecule has 1 fully saturated rings. The van der Waals surface area contributed by atoms with E-state index in [0.717, 1.165) is 0 Å². The molecule has 5 heteroatoms. The molecule has 2 N–H and O–H groups in total. The lowest BCUT2D eigenvalue weighted by atomic mass is 9.71. The van der Waals surface area contributed by atoms with Crippen LogP contribution in [0.3, 0.4) is 0 Å². The topological polar surface area (TPSA) is 73.1 Å². The van der Waals surface area contributed by atoms with Gasteiger partial charge in [0.2, 0.25) is 0 Å². The largest absolute Gasteiger partial charge is 0.375 e. The highest BCUT2D eigenvalue weighted by Crippen LogP contribution is 2.38. The number of aromatic nitrogens is 1. The predicted molar refractivity (Wildman–Crippen MR) is 62.3 cm³/mol. The van der Waals surface area contributed by atoms with Crippen molar-refractivity contribution < 1.29 is 9.59 Å². The molecule has 0 aromatic carbocycles. The Bertz CT molecular complexity index is 431. The first-order valence-electron chi connectivity index (χ1n) is 5.15. The summed E-state index contributed by atoms with van der Waals surface area (Å²) in [6.45, 7) is 3.88. The molecule has 0 aliphatic heterocycles. The standard InChI is InChI=1S/C11H14N2O2S/c1-11(2)3-7(14)9(8(15)4-11)6-5-16-10(12)13-6/h5,9H,3-4H2,1-2H3,(H2,12,13). The van der Waals surface area contributed by atoms with Crippen LogP contribution in [0.4, 0.5) is 5.13 Å². The number of thiazole rings is 1. The van der Waals surface area contributed by atoms with E-state index in [1.54, 1.807) is 5.38 Å². The van der Waals surface area contributed by atoms with Crippen molar-refractivity contribution in [2.45, 2.75) is 32.6 Å². The van der Waals surface area contributed by atoms with Gasteiger partial charge in [0.25, 0.3) is 0 Å². The van der Waals surface area contributed by atoms with E-state index in [1.807, 2.05) is 13.8 Å². The van der Waals surface area contributed by atoms with Crippen LogP contribution in [-0.4, -0.2) is 16.6 Å². The number of Topliss-reactive ketones (excluding diaryl/α,β-unsaturated/α-hetero) is 2. The van der Waals surface area contributed by atoms with Gasteiger partial charge < -0.3 is 5.73 Å². The Hall–Kier alpha value is -1.23. The minimum Gasteiger partial charge on any atom is -0.375 e. The molecule has 0 saturated heterocycles. The summed E-state index contributed by atoms with van der Waals surface area (Å²) < 4.78 is 0. The number of nitrogens with zero attached hydrogens (tertiary/aromatic N) is 1. The molecular formula is C11H14N2O2S. The van der Waals surface area contributed by atoms with Crippen LogP contribution in [0, 0.1) is 5.41 Å². The second-order valence-electron chi connectivity index (χ2n) is 4.99. The van der Waals surface area contributed by atoms with E-state index in [1.165, 1.54) is 11.3 Å². The van der Waals surface area contributed by atoms with Crippen LogP contribution in [0.15, 0.2) is 5.38 Å². The van der Waals surface area contributed by atoms with E-state index in [9.17, 15) is 9.59 Å². The van der Waals surface area contributed by atoms with Gasteiger partial charge in [-0.05, 0) is 5.41 Å². The summed E-state index contributed by atoms with van der Waals surface area (Å²) in [5.41, 5.74) is 5.82. The van der Waals surface area contributed by atoms with Gasteiger partial charge in [-0.15, -0.1) is 11.3 Å². The van der Waals surface area contributed by atoms with Crippen molar-refractivity contribution in [2.75, 3.05) is 5.73 Å². The molecule has 0 radical (unpaired) electrons. The number of nitrogens with two attached hydrogens (primary N) is 1. The van der Waals surface area contributed by atoms with Gasteiger partial charge in [-0.25, -0.2) is 4.98 Å². The number of anilines is 1. The summed E-state index contributed by atoms with van der Waals surface area (Å²) in [7, 11) is 0. The van der Waals surface area contributed by atoms with E-state index in [2.05, 4.69) is 4.98 Å². The normalized spacial score (nSPS) is 21.4. The number of hydrogen-bond acceptors (Lipinski definition) is 5. The summed E-state index contributed by atoms with van der Waals surface area (Å²) in [5, 5.41) is 2.11. The molecule has 86 valence electrons. The number of carbonyl (C=O) groups excluding carboxylic acids is 2. The third kappa shape index (κ3) is 2.00. The summed E-state index contributed by atoms with van der Waals surface area (Å²) >= 11 is 1.26. The molecular weight excluding hydrogens is 224 g/mol. The van der Waals surface area contributed by atoms with Gasteiger partial charge in [-0.2, -0.15) is 0 Å². The smallest absolute Gasteiger partial charge is 0.180 e. The molecule has 0 atom stereocenters. The zero-order valence-corrected chi connectivity index (χ0v) is 10.1. The van der Waals surface area contributed by atoms with Gasteiger partial charge in [0.1, 0.15) is 17.5 Å². The quantitative estimate of drug-likeness (QED) is 0.757. The third-order valence-electron chi connectivity index (χ3n) is 2.78. The van der Waals surface area contributed by atoms with Crippen LogP contribution in [0.25, 0.3) is 0 Å². The fourth-order valence-electron chi connectivity index (χ4n) is 2.15. The van der Waals surface area contributed by atoms with E-state index in [-0.39, 0.29) is 17.0 Å². The fraction of sp³-hybridized carbons (Fsp3) is 0.545. The summed E-state index contributed by atoms with van der Waals surface area (Å²) in [4.78, 5) is 27.9. The Balaban J connectivity index is 2.30. The first-order chi connectivity index (χ1) is 7.39. The minimum absolute atomic E-state index is 0.0356. The lowest BCUT2D eigenvalue weighted by Gasteiger charge is -2.31. The van der Waals surface area contributed by atoms with Crippen molar-refractivity contribution in [2.24, 2.45) is 5.41 Å². The number of rotatable bonds is 1. The Labute approximate surface area is 97.9 Å². The fourth-order valence-corrected chi connectivity index (χ4v) is 2.74. The molecule has 0 spiro atoms. The van der Waals surface area contributed by atoms with Crippen molar-refractivity contribution in [1.82, 2.24) is 4.98 Å². The Morgan fingerprint density at radius 1 is 1.38 bits per heavy atom. The maximum atomic E-state index is 11.9. The maximum absolute atomic E-state index is 11.9. The van der Waals surface area contributed by atoms with Crippen LogP contribution in [0.1, 0.15) is 38.3 Å². The van der Waals surface area contributed by atoms with Crippen molar-refractivity contribution in [3.8, 4) is 0 Å². The maximum Gasteiger partial charge on any atom is 0.180 e. The van der Waals surface area contributed by atoms with E-state index < -0.39 is 5.92 Å². The highest BCUT2D eigenvalue weighted by molar-refractivity contribution is 7.13. The molecule has 1 saturated carbocycles. The predicted octanol–water partition coefficient (Wildman–Crippen LogP) is 1.77. The molecule has 1 aromatic rings. The van der Waals surface area contributed by atoms with Gasteiger partial charge in [-0.3, -0.25) is 9.59 Å². The molecule has 0 bridgehead atoms. The zero-order chi connectivity index (χ0) is 11.9. The molecule has 16 heavy (non-hydrogen) atoms. The molecule has 0 unspecified atom stereocenters. The van der Waals surface area contributed by atoms with Gasteiger partial charge in [0.05, 0.1) is 5.69 Å². The molecule has 1 aliphatic rings. The average Bonchev–Trinajstić information content (AvgIpc) is 2.47. The Morgan fingerprint density at radius 3 is 2.38 bits per heavy atom. The Kier molecular flexibility index (Phi) is 2.58. The van der Waals surface area contributed by atoms with Crippen molar-refractivity contribution in [3.63, 3.8) is 0 Å². The zero-order valence-electron chi connectivity index (χ0n) is 9.32. The van der Waals surface area contributed by atoms with E-state index in [4.69, 9.17) is 5.73 Å².